The molecule has 0 saturated carbocycles. The molecule has 3 rings (SSSR count). The third-order valence-corrected chi connectivity index (χ3v) is 4.33. The smallest absolute Gasteiger partial charge is 0.403 e. The predicted octanol–water partition coefficient (Wildman–Crippen LogP) is 4.69. The lowest BCUT2D eigenvalue weighted by Gasteiger charge is -2.11. The molecular formula is C18H11F4N3O4S. The van der Waals surface area contributed by atoms with Crippen molar-refractivity contribution in [2.24, 2.45) is 0 Å². The Kier molecular flexibility index (Phi) is 5.96. The molecule has 0 bridgehead atoms. The average Bonchev–Trinajstić information content (AvgIpc) is 2.95. The number of rotatable bonds is 4. The lowest BCUT2D eigenvalue weighted by atomic mass is 10.2. The van der Waals surface area contributed by atoms with Crippen molar-refractivity contribution in [1.29, 1.82) is 0 Å². The summed E-state index contributed by atoms with van der Waals surface area (Å²) in [5.74, 6) is -2.81. The van der Waals surface area contributed by atoms with Crippen molar-refractivity contribution in [2.45, 2.75) is 6.36 Å². The number of amides is 4. The lowest BCUT2D eigenvalue weighted by Crippen LogP contribution is -2.20. The van der Waals surface area contributed by atoms with Gasteiger partial charge in [-0.15, -0.1) is 13.2 Å². The Balaban J connectivity index is 1.60. The Morgan fingerprint density at radius 2 is 1.67 bits per heavy atom. The molecule has 12 heteroatoms. The highest BCUT2D eigenvalue weighted by atomic mass is 32.2. The molecule has 0 radical (unpaired) electrons. The molecule has 156 valence electrons. The van der Waals surface area contributed by atoms with E-state index in [1.165, 1.54) is 18.2 Å². The van der Waals surface area contributed by atoms with Gasteiger partial charge in [0.15, 0.2) is 11.6 Å². The molecule has 1 aliphatic rings. The highest BCUT2D eigenvalue weighted by Crippen LogP contribution is 2.28. The van der Waals surface area contributed by atoms with Crippen LogP contribution in [0.25, 0.3) is 6.08 Å². The van der Waals surface area contributed by atoms with E-state index in [9.17, 15) is 31.9 Å². The number of alkyl halides is 3. The number of nitrogens with one attached hydrogen (secondary N) is 3. The zero-order chi connectivity index (χ0) is 21.9. The second-order valence-electron chi connectivity index (χ2n) is 5.75. The normalized spacial score (nSPS) is 15.1. The Hall–Kier alpha value is -3.54. The summed E-state index contributed by atoms with van der Waals surface area (Å²) in [7, 11) is 0. The molecule has 0 spiro atoms. The van der Waals surface area contributed by atoms with Crippen LogP contribution in [-0.4, -0.2) is 23.5 Å². The van der Waals surface area contributed by atoms with E-state index >= 15 is 0 Å². The maximum Gasteiger partial charge on any atom is 0.573 e. The number of benzene rings is 2. The standard InChI is InChI=1S/C18H11F4N3O4S/c19-12-8-11(5-6-13(12)29-18(20,21)22)24-16(27)23-10-3-1-9(2-4-10)7-14-15(26)25-17(28)30-14/h1-8H,(H2,23,24,27)(H,25,26,28)/b14-7+. The molecule has 2 aromatic rings. The zero-order valence-electron chi connectivity index (χ0n) is 14.7. The van der Waals surface area contributed by atoms with E-state index in [0.29, 0.717) is 17.3 Å². The molecule has 1 fully saturated rings. The first-order valence-corrected chi connectivity index (χ1v) is 8.89. The maximum atomic E-state index is 13.7. The Labute approximate surface area is 170 Å². The first-order chi connectivity index (χ1) is 14.1. The molecular weight excluding hydrogens is 430 g/mol. The zero-order valence-corrected chi connectivity index (χ0v) is 15.5. The van der Waals surface area contributed by atoms with E-state index in [0.717, 1.165) is 23.9 Å². The lowest BCUT2D eigenvalue weighted by molar-refractivity contribution is -0.275. The summed E-state index contributed by atoms with van der Waals surface area (Å²) < 4.78 is 53.6. The third-order valence-electron chi connectivity index (χ3n) is 3.52. The van der Waals surface area contributed by atoms with E-state index < -0.39 is 35.1 Å². The third kappa shape index (κ3) is 5.73. The van der Waals surface area contributed by atoms with Gasteiger partial charge in [-0.2, -0.15) is 0 Å². The molecule has 1 saturated heterocycles. The summed E-state index contributed by atoms with van der Waals surface area (Å²) in [4.78, 5) is 34.9. The van der Waals surface area contributed by atoms with Gasteiger partial charge in [0.25, 0.3) is 11.1 Å². The topological polar surface area (TPSA) is 96.5 Å². The molecule has 0 aromatic heterocycles. The van der Waals surface area contributed by atoms with Gasteiger partial charge in [0.1, 0.15) is 0 Å². The molecule has 4 amide bonds. The van der Waals surface area contributed by atoms with Crippen LogP contribution in [0.5, 0.6) is 5.75 Å². The van der Waals surface area contributed by atoms with Gasteiger partial charge in [-0.3, -0.25) is 14.9 Å². The number of halogens is 4. The molecule has 30 heavy (non-hydrogen) atoms. The number of ether oxygens (including phenoxy) is 1. The summed E-state index contributed by atoms with van der Waals surface area (Å²) in [6.07, 6.45) is -3.53. The highest BCUT2D eigenvalue weighted by Gasteiger charge is 2.32. The van der Waals surface area contributed by atoms with Crippen LogP contribution < -0.4 is 20.7 Å². The summed E-state index contributed by atoms with van der Waals surface area (Å²) in [6.45, 7) is 0. The number of anilines is 2. The Morgan fingerprint density at radius 1 is 1.03 bits per heavy atom. The predicted molar refractivity (Wildman–Crippen MR) is 101 cm³/mol. The first-order valence-electron chi connectivity index (χ1n) is 8.07. The Morgan fingerprint density at radius 3 is 2.23 bits per heavy atom. The fourth-order valence-corrected chi connectivity index (χ4v) is 3.00. The maximum absolute atomic E-state index is 13.7. The fraction of sp³-hybridized carbons (Fsp3) is 0.0556. The van der Waals surface area contributed by atoms with Crippen molar-refractivity contribution in [3.05, 3.63) is 58.8 Å². The van der Waals surface area contributed by atoms with Gasteiger partial charge in [-0.05, 0) is 47.7 Å². The molecule has 1 aliphatic heterocycles. The molecule has 3 N–H and O–H groups in total. The van der Waals surface area contributed by atoms with Crippen molar-refractivity contribution in [1.82, 2.24) is 5.32 Å². The monoisotopic (exact) mass is 441 g/mol. The molecule has 0 unspecified atom stereocenters. The number of hydrogen-bond acceptors (Lipinski definition) is 5. The number of imide groups is 1. The summed E-state index contributed by atoms with van der Waals surface area (Å²) in [5, 5.41) is 6.39. The number of urea groups is 1. The van der Waals surface area contributed by atoms with Crippen LogP contribution in [0.1, 0.15) is 5.56 Å². The summed E-state index contributed by atoms with van der Waals surface area (Å²) >= 11 is 0.769. The summed E-state index contributed by atoms with van der Waals surface area (Å²) in [5.41, 5.74) is 0.872. The van der Waals surface area contributed by atoms with Crippen molar-refractivity contribution in [3.8, 4) is 5.75 Å². The molecule has 0 atom stereocenters. The van der Waals surface area contributed by atoms with E-state index in [1.807, 2.05) is 0 Å². The van der Waals surface area contributed by atoms with E-state index in [4.69, 9.17) is 0 Å². The van der Waals surface area contributed by atoms with Crippen molar-refractivity contribution in [2.75, 3.05) is 10.6 Å². The molecule has 2 aromatic carbocycles. The van der Waals surface area contributed by atoms with E-state index in [2.05, 4.69) is 20.7 Å². The van der Waals surface area contributed by atoms with Crippen LogP contribution in [0.3, 0.4) is 0 Å². The van der Waals surface area contributed by atoms with Gasteiger partial charge in [0.05, 0.1) is 4.91 Å². The van der Waals surface area contributed by atoms with E-state index in [1.54, 1.807) is 12.1 Å². The van der Waals surface area contributed by atoms with Crippen LogP contribution in [0.4, 0.5) is 38.5 Å². The number of carbonyl (C=O) groups is 3. The number of hydrogen-bond donors (Lipinski definition) is 3. The van der Waals surface area contributed by atoms with Crippen LogP contribution in [0, 0.1) is 5.82 Å². The van der Waals surface area contributed by atoms with Gasteiger partial charge in [0.2, 0.25) is 0 Å². The SMILES string of the molecule is O=C(Nc1ccc(/C=C2/SC(=O)NC2=O)cc1)Nc1ccc(OC(F)(F)F)c(F)c1. The highest BCUT2D eigenvalue weighted by molar-refractivity contribution is 8.18. The average molecular weight is 441 g/mol. The van der Waals surface area contributed by atoms with Gasteiger partial charge in [-0.25, -0.2) is 9.18 Å². The second-order valence-corrected chi connectivity index (χ2v) is 6.76. The fourth-order valence-electron chi connectivity index (χ4n) is 2.31. The van der Waals surface area contributed by atoms with Crippen molar-refractivity contribution >= 4 is 46.4 Å². The van der Waals surface area contributed by atoms with Crippen molar-refractivity contribution < 1.29 is 36.7 Å². The molecule has 0 aliphatic carbocycles. The quantitative estimate of drug-likeness (QED) is 0.473. The minimum Gasteiger partial charge on any atom is -0.403 e. The van der Waals surface area contributed by atoms with Crippen LogP contribution >= 0.6 is 11.8 Å². The first kappa shape index (κ1) is 21.2. The van der Waals surface area contributed by atoms with Crippen LogP contribution in [0.15, 0.2) is 47.4 Å². The van der Waals surface area contributed by atoms with Crippen LogP contribution in [0.2, 0.25) is 0 Å². The second kappa shape index (κ2) is 8.45. The van der Waals surface area contributed by atoms with Crippen LogP contribution in [-0.2, 0) is 4.79 Å². The largest absolute Gasteiger partial charge is 0.573 e. The minimum atomic E-state index is -5.04. The van der Waals surface area contributed by atoms with Gasteiger partial charge >= 0.3 is 12.4 Å². The molecule has 1 heterocycles. The van der Waals surface area contributed by atoms with Gasteiger partial charge < -0.3 is 15.4 Å². The van der Waals surface area contributed by atoms with E-state index in [-0.39, 0.29) is 10.6 Å². The van der Waals surface area contributed by atoms with Gasteiger partial charge in [0, 0.05) is 17.4 Å². The van der Waals surface area contributed by atoms with Crippen molar-refractivity contribution in [3.63, 3.8) is 0 Å². The number of carbonyl (C=O) groups excluding carboxylic acids is 3. The Bertz CT molecular complexity index is 1040. The number of thioether (sulfide) groups is 1. The van der Waals surface area contributed by atoms with Gasteiger partial charge in [-0.1, -0.05) is 12.1 Å². The molecule has 7 nitrogen and oxygen atoms in total. The summed E-state index contributed by atoms with van der Waals surface area (Å²) in [6, 6.07) is 7.92. The minimum absolute atomic E-state index is 0.0881.